The quantitative estimate of drug-likeness (QED) is 0.720. The van der Waals surface area contributed by atoms with Gasteiger partial charge in [0.15, 0.2) is 0 Å². The molecule has 1 aromatic heterocycles. The number of rotatable bonds is 5. The molecule has 0 aliphatic heterocycles. The van der Waals surface area contributed by atoms with Gasteiger partial charge >= 0.3 is 0 Å². The van der Waals surface area contributed by atoms with E-state index < -0.39 is 0 Å². The molecule has 1 N–H and O–H groups in total. The molecule has 0 aliphatic rings. The fourth-order valence-corrected chi connectivity index (χ4v) is 1.39. The van der Waals surface area contributed by atoms with Crippen molar-refractivity contribution in [3.8, 4) is 12.3 Å². The molecule has 0 saturated carbocycles. The van der Waals surface area contributed by atoms with Crippen LogP contribution in [0.25, 0.3) is 0 Å². The lowest BCUT2D eigenvalue weighted by Gasteiger charge is -2.12. The van der Waals surface area contributed by atoms with Gasteiger partial charge in [-0.25, -0.2) is 0 Å². The second-order valence-corrected chi connectivity index (χ2v) is 3.53. The average Bonchev–Trinajstić information content (AvgIpc) is 2.19. The molecule has 0 amide bonds. The maximum atomic E-state index is 5.24. The van der Waals surface area contributed by atoms with Crippen LogP contribution in [0.15, 0.2) is 18.2 Å². The van der Waals surface area contributed by atoms with Gasteiger partial charge in [-0.15, -0.1) is 6.42 Å². The molecule has 3 heteroatoms. The third-order valence-electron chi connectivity index (χ3n) is 2.02. The van der Waals surface area contributed by atoms with E-state index in [0.29, 0.717) is 6.54 Å². The van der Waals surface area contributed by atoms with E-state index in [0.717, 1.165) is 24.5 Å². The zero-order valence-electron chi connectivity index (χ0n) is 9.33. The molecule has 1 heterocycles. The second-order valence-electron chi connectivity index (χ2n) is 3.53. The molecule has 3 nitrogen and oxygen atoms in total. The summed E-state index contributed by atoms with van der Waals surface area (Å²) in [6.07, 6.45) is 5.24. The first-order valence-electron chi connectivity index (χ1n) is 4.97. The highest BCUT2D eigenvalue weighted by Crippen LogP contribution is 2.02. The van der Waals surface area contributed by atoms with E-state index in [2.05, 4.69) is 21.1 Å². The first-order chi connectivity index (χ1) is 7.26. The minimum atomic E-state index is 0.651. The topological polar surface area (TPSA) is 28.2 Å². The zero-order chi connectivity index (χ0) is 11.1. The lowest BCUT2D eigenvalue weighted by Crippen LogP contribution is -2.19. The van der Waals surface area contributed by atoms with Gasteiger partial charge in [0.1, 0.15) is 0 Å². The van der Waals surface area contributed by atoms with Crippen LogP contribution in [0, 0.1) is 12.3 Å². The first kappa shape index (κ1) is 11.7. The Labute approximate surface area is 91.5 Å². The van der Waals surface area contributed by atoms with Gasteiger partial charge in [-0.2, -0.15) is 0 Å². The third kappa shape index (κ3) is 4.11. The summed E-state index contributed by atoms with van der Waals surface area (Å²) in [7, 11) is 3.91. The molecule has 0 spiro atoms. The van der Waals surface area contributed by atoms with Gasteiger partial charge in [0.25, 0.3) is 0 Å². The number of nitrogens with zero attached hydrogens (tertiary/aromatic N) is 2. The molecule has 0 bridgehead atoms. The summed E-state index contributed by atoms with van der Waals surface area (Å²) in [4.78, 5) is 6.57. The van der Waals surface area contributed by atoms with Crippen LogP contribution >= 0.6 is 0 Å². The fourth-order valence-electron chi connectivity index (χ4n) is 1.39. The van der Waals surface area contributed by atoms with Gasteiger partial charge in [0, 0.05) is 13.1 Å². The van der Waals surface area contributed by atoms with Crippen molar-refractivity contribution in [2.75, 3.05) is 20.6 Å². The molecule has 0 aromatic carbocycles. The van der Waals surface area contributed by atoms with Crippen molar-refractivity contribution in [3.05, 3.63) is 29.6 Å². The lowest BCUT2D eigenvalue weighted by atomic mass is 10.3. The molecule has 80 valence electrons. The molecule has 0 fully saturated rings. The average molecular weight is 203 g/mol. The standard InChI is InChI=1S/C12H17N3/c1-4-8-15(3)10-12-7-5-6-11(14-12)9-13-2/h1,5-7,13H,8-10H2,2-3H3. The molecule has 1 rings (SSSR count). The van der Waals surface area contributed by atoms with Crippen LogP contribution in [0.5, 0.6) is 0 Å². The number of nitrogens with one attached hydrogen (secondary N) is 1. The molecular formula is C12H17N3. The number of hydrogen-bond acceptors (Lipinski definition) is 3. The Morgan fingerprint density at radius 3 is 2.87 bits per heavy atom. The van der Waals surface area contributed by atoms with Crippen LogP contribution in [0.1, 0.15) is 11.4 Å². The van der Waals surface area contributed by atoms with Crippen LogP contribution in [-0.4, -0.2) is 30.5 Å². The summed E-state index contributed by atoms with van der Waals surface area (Å²) in [5.41, 5.74) is 2.12. The van der Waals surface area contributed by atoms with Crippen molar-refractivity contribution >= 4 is 0 Å². The molecule has 15 heavy (non-hydrogen) atoms. The Kier molecular flexibility index (Phi) is 4.82. The van der Waals surface area contributed by atoms with Gasteiger partial charge in [0.2, 0.25) is 0 Å². The van der Waals surface area contributed by atoms with Crippen molar-refractivity contribution in [1.29, 1.82) is 0 Å². The van der Waals surface area contributed by atoms with Gasteiger partial charge in [-0.3, -0.25) is 9.88 Å². The monoisotopic (exact) mass is 203 g/mol. The van der Waals surface area contributed by atoms with Gasteiger partial charge < -0.3 is 5.32 Å². The van der Waals surface area contributed by atoms with Gasteiger partial charge in [-0.05, 0) is 26.2 Å². The number of hydrogen-bond donors (Lipinski definition) is 1. The molecular weight excluding hydrogens is 186 g/mol. The summed E-state index contributed by atoms with van der Waals surface area (Å²) in [5.74, 6) is 2.61. The predicted octanol–water partition coefficient (Wildman–Crippen LogP) is 0.866. The molecule has 0 saturated heterocycles. The van der Waals surface area contributed by atoms with Crippen LogP contribution in [0.2, 0.25) is 0 Å². The SMILES string of the molecule is C#CCN(C)Cc1cccc(CNC)n1. The largest absolute Gasteiger partial charge is 0.314 e. The Morgan fingerprint density at radius 2 is 2.20 bits per heavy atom. The van der Waals surface area contributed by atoms with Crippen LogP contribution in [0.3, 0.4) is 0 Å². The van der Waals surface area contributed by atoms with Gasteiger partial charge in [0.05, 0.1) is 17.9 Å². The summed E-state index contributed by atoms with van der Waals surface area (Å²) < 4.78 is 0. The zero-order valence-corrected chi connectivity index (χ0v) is 9.33. The number of terminal acetylenes is 1. The van der Waals surface area contributed by atoms with Crippen molar-refractivity contribution in [1.82, 2.24) is 15.2 Å². The molecule has 1 aromatic rings. The highest BCUT2D eigenvalue weighted by molar-refractivity contribution is 5.11. The minimum absolute atomic E-state index is 0.651. The smallest absolute Gasteiger partial charge is 0.0599 e. The summed E-state index contributed by atoms with van der Waals surface area (Å²) in [6.45, 7) is 2.24. The van der Waals surface area contributed by atoms with Crippen LogP contribution in [-0.2, 0) is 13.1 Å². The lowest BCUT2D eigenvalue weighted by molar-refractivity contribution is 0.364. The van der Waals surface area contributed by atoms with Crippen molar-refractivity contribution in [2.24, 2.45) is 0 Å². The van der Waals surface area contributed by atoms with E-state index in [9.17, 15) is 0 Å². The van der Waals surface area contributed by atoms with Crippen LogP contribution < -0.4 is 5.32 Å². The highest BCUT2D eigenvalue weighted by Gasteiger charge is 2.00. The highest BCUT2D eigenvalue weighted by atomic mass is 15.1. The van der Waals surface area contributed by atoms with Crippen molar-refractivity contribution in [3.63, 3.8) is 0 Å². The predicted molar refractivity (Wildman–Crippen MR) is 62.2 cm³/mol. The second kappa shape index (κ2) is 6.18. The van der Waals surface area contributed by atoms with E-state index in [-0.39, 0.29) is 0 Å². The van der Waals surface area contributed by atoms with Crippen molar-refractivity contribution in [2.45, 2.75) is 13.1 Å². The summed E-state index contributed by atoms with van der Waals surface area (Å²) >= 11 is 0. The molecule has 0 aliphatic carbocycles. The number of aromatic nitrogens is 1. The van der Waals surface area contributed by atoms with E-state index in [1.165, 1.54) is 0 Å². The minimum Gasteiger partial charge on any atom is -0.314 e. The summed E-state index contributed by atoms with van der Waals surface area (Å²) in [6, 6.07) is 6.06. The fraction of sp³-hybridized carbons (Fsp3) is 0.417. The van der Waals surface area contributed by atoms with E-state index >= 15 is 0 Å². The maximum absolute atomic E-state index is 5.24. The van der Waals surface area contributed by atoms with E-state index in [1.54, 1.807) is 0 Å². The molecule has 0 unspecified atom stereocenters. The Balaban J connectivity index is 2.61. The normalized spacial score (nSPS) is 10.3. The molecule has 0 radical (unpaired) electrons. The van der Waals surface area contributed by atoms with E-state index in [4.69, 9.17) is 6.42 Å². The van der Waals surface area contributed by atoms with Crippen molar-refractivity contribution < 1.29 is 0 Å². The number of pyridine rings is 1. The Hall–Kier alpha value is -1.37. The maximum Gasteiger partial charge on any atom is 0.0599 e. The van der Waals surface area contributed by atoms with Crippen LogP contribution in [0.4, 0.5) is 0 Å². The third-order valence-corrected chi connectivity index (χ3v) is 2.02. The van der Waals surface area contributed by atoms with Gasteiger partial charge in [-0.1, -0.05) is 12.0 Å². The first-order valence-corrected chi connectivity index (χ1v) is 4.97. The van der Waals surface area contributed by atoms with E-state index in [1.807, 2.05) is 32.3 Å². The Morgan fingerprint density at radius 1 is 1.47 bits per heavy atom. The Bertz CT molecular complexity index is 341. The summed E-state index contributed by atoms with van der Waals surface area (Å²) in [5, 5.41) is 3.08. The molecule has 0 atom stereocenters.